The molecule has 4 N–H and O–H groups in total. The van der Waals surface area contributed by atoms with Crippen molar-refractivity contribution in [3.63, 3.8) is 0 Å². The van der Waals surface area contributed by atoms with Gasteiger partial charge in [-0.25, -0.2) is 0 Å². The van der Waals surface area contributed by atoms with E-state index in [9.17, 15) is 4.79 Å². The van der Waals surface area contributed by atoms with Crippen molar-refractivity contribution >= 4 is 17.6 Å². The van der Waals surface area contributed by atoms with Gasteiger partial charge in [0.2, 0.25) is 0 Å². The second-order valence-corrected chi connectivity index (χ2v) is 2.81. The fraction of sp³-hybridized carbons (Fsp3) is 0.875. The number of carboxylic acid groups (broad SMARTS) is 1. The second-order valence-electron chi connectivity index (χ2n) is 2.54. The Hall–Kier alpha value is -0.400. The Kier molecular flexibility index (Phi) is 15.4. The number of rotatable bonds is 7. The van der Waals surface area contributed by atoms with Crippen LogP contribution in [0.1, 0.15) is 0 Å². The van der Waals surface area contributed by atoms with Gasteiger partial charge in [-0.05, 0) is 0 Å². The first-order valence-corrected chi connectivity index (χ1v) is 4.98. The van der Waals surface area contributed by atoms with E-state index >= 15 is 0 Å². The smallest absolute Gasteiger partial charge is 0.318 e. The minimum atomic E-state index is -0.980. The Morgan fingerprint density at radius 2 is 1.27 bits per heavy atom. The zero-order valence-corrected chi connectivity index (χ0v) is 9.23. The molecule has 92 valence electrons. The normalized spacial score (nSPS) is 9.67. The van der Waals surface area contributed by atoms with Gasteiger partial charge >= 0.3 is 5.97 Å². The summed E-state index contributed by atoms with van der Waals surface area (Å²) in [7, 11) is 0. The first-order valence-electron chi connectivity index (χ1n) is 4.45. The van der Waals surface area contributed by atoms with Crippen LogP contribution in [-0.4, -0.2) is 76.6 Å². The second kappa shape index (κ2) is 13.6. The van der Waals surface area contributed by atoms with Gasteiger partial charge in [-0.1, -0.05) is 0 Å². The molecule has 0 aliphatic heterocycles. The Morgan fingerprint density at radius 1 is 1.00 bits per heavy atom. The minimum Gasteiger partial charge on any atom is -0.480 e. The number of alkyl halides is 1. The third kappa shape index (κ3) is 16.3. The molecule has 15 heavy (non-hydrogen) atoms. The van der Waals surface area contributed by atoms with Crippen molar-refractivity contribution in [1.29, 1.82) is 0 Å². The molecular weight excluding hydrogens is 226 g/mol. The third-order valence-corrected chi connectivity index (χ3v) is 1.59. The topological polar surface area (TPSA) is 101 Å². The van der Waals surface area contributed by atoms with Gasteiger partial charge in [0.1, 0.15) is 5.88 Å². The summed E-state index contributed by atoms with van der Waals surface area (Å²) in [6.45, 7) is 1.75. The lowest BCUT2D eigenvalue weighted by Gasteiger charge is -2.17. The van der Waals surface area contributed by atoms with Crippen molar-refractivity contribution in [3.8, 4) is 0 Å². The van der Waals surface area contributed by atoms with Crippen LogP contribution < -0.4 is 0 Å². The van der Waals surface area contributed by atoms with E-state index in [1.54, 1.807) is 4.90 Å². The molecule has 0 aromatic heterocycles. The number of carboxylic acids is 1. The van der Waals surface area contributed by atoms with Gasteiger partial charge in [0.05, 0.1) is 19.8 Å². The number of aliphatic carboxylic acids is 1. The molecule has 0 amide bonds. The summed E-state index contributed by atoms with van der Waals surface area (Å²) in [4.78, 5) is 11.0. The summed E-state index contributed by atoms with van der Waals surface area (Å²) < 4.78 is 0. The van der Waals surface area contributed by atoms with Gasteiger partial charge in [0.25, 0.3) is 0 Å². The van der Waals surface area contributed by atoms with Crippen molar-refractivity contribution in [3.05, 3.63) is 0 Å². The van der Waals surface area contributed by atoms with E-state index in [1.807, 2.05) is 0 Å². The quantitative estimate of drug-likeness (QED) is 0.409. The number of carbonyl (C=O) groups is 1. The molecule has 0 rings (SSSR count). The number of hydrogen-bond donors (Lipinski definition) is 4. The van der Waals surface area contributed by atoms with Crippen LogP contribution in [0.2, 0.25) is 0 Å². The van der Waals surface area contributed by atoms with Gasteiger partial charge in [0.15, 0.2) is 0 Å². The van der Waals surface area contributed by atoms with Gasteiger partial charge < -0.3 is 20.4 Å². The molecule has 7 heteroatoms. The highest BCUT2D eigenvalue weighted by molar-refractivity contribution is 6.26. The number of nitrogens with zero attached hydrogens (tertiary/aromatic N) is 1. The fourth-order valence-electron chi connectivity index (χ4n) is 0.760. The summed E-state index contributed by atoms with van der Waals surface area (Å²) in [5.41, 5.74) is 0. The fourth-order valence-corrected chi connectivity index (χ4v) is 0.760. The van der Waals surface area contributed by atoms with Crippen molar-refractivity contribution in [1.82, 2.24) is 4.90 Å². The lowest BCUT2D eigenvalue weighted by molar-refractivity contribution is -0.134. The number of halogens is 1. The first-order chi connectivity index (χ1) is 7.12. The van der Waals surface area contributed by atoms with Gasteiger partial charge in [-0.2, -0.15) is 0 Å². The average Bonchev–Trinajstić information content (AvgIpc) is 2.20. The molecule has 0 unspecified atom stereocenters. The van der Waals surface area contributed by atoms with Crippen LogP contribution in [0, 0.1) is 0 Å². The van der Waals surface area contributed by atoms with E-state index < -0.39 is 5.97 Å². The van der Waals surface area contributed by atoms with Crippen LogP contribution in [0.15, 0.2) is 0 Å². The lowest BCUT2D eigenvalue weighted by Crippen LogP contribution is -2.32. The number of hydrogen-bond acceptors (Lipinski definition) is 5. The zero-order valence-electron chi connectivity index (χ0n) is 8.47. The first kappa shape index (κ1) is 17.0. The van der Waals surface area contributed by atoms with Crippen molar-refractivity contribution < 1.29 is 25.2 Å². The third-order valence-electron chi connectivity index (χ3n) is 1.36. The SMILES string of the molecule is O=C(O)CCl.OCCN(CCO)CCO. The predicted molar refractivity (Wildman–Crippen MR) is 56.1 cm³/mol. The van der Waals surface area contributed by atoms with Crippen molar-refractivity contribution in [2.24, 2.45) is 0 Å². The molecule has 0 saturated carbocycles. The Balaban J connectivity index is 0. The Labute approximate surface area is 93.7 Å². The van der Waals surface area contributed by atoms with Crippen molar-refractivity contribution in [2.45, 2.75) is 0 Å². The molecular formula is C8H18ClNO5. The summed E-state index contributed by atoms with van der Waals surface area (Å²) in [6.07, 6.45) is 0. The molecule has 0 bridgehead atoms. The highest BCUT2D eigenvalue weighted by Gasteiger charge is 2.00. The summed E-state index contributed by atoms with van der Waals surface area (Å²) in [5.74, 6) is -1.29. The Bertz CT molecular complexity index is 133. The minimum absolute atomic E-state index is 0.0694. The van der Waals surface area contributed by atoms with Crippen LogP contribution in [-0.2, 0) is 4.79 Å². The summed E-state index contributed by atoms with van der Waals surface area (Å²) in [6, 6.07) is 0. The van der Waals surface area contributed by atoms with E-state index in [0.717, 1.165) is 0 Å². The summed E-state index contributed by atoms with van der Waals surface area (Å²) >= 11 is 4.74. The Morgan fingerprint density at radius 3 is 1.40 bits per heavy atom. The molecule has 0 spiro atoms. The van der Waals surface area contributed by atoms with Crippen LogP contribution in [0.3, 0.4) is 0 Å². The molecule has 0 aliphatic rings. The lowest BCUT2D eigenvalue weighted by atomic mass is 10.4. The number of aliphatic hydroxyl groups is 3. The standard InChI is InChI=1S/C6H15NO3.C2H3ClO2/c8-4-1-7(2-5-9)3-6-10;3-1-2(4)5/h8-10H,1-6H2;1H2,(H,4,5). The highest BCUT2D eigenvalue weighted by Crippen LogP contribution is 1.84. The molecule has 6 nitrogen and oxygen atoms in total. The molecule has 0 fully saturated rings. The van der Waals surface area contributed by atoms with E-state index in [1.165, 1.54) is 0 Å². The van der Waals surface area contributed by atoms with Gasteiger partial charge in [-0.15, -0.1) is 11.6 Å². The predicted octanol–water partition coefficient (Wildman–Crippen LogP) is -1.42. The van der Waals surface area contributed by atoms with Gasteiger partial charge in [-0.3, -0.25) is 9.69 Å². The maximum Gasteiger partial charge on any atom is 0.318 e. The maximum atomic E-state index is 9.24. The summed E-state index contributed by atoms with van der Waals surface area (Å²) in [5, 5.41) is 33.0. The maximum absolute atomic E-state index is 9.24. The van der Waals surface area contributed by atoms with Gasteiger partial charge in [0, 0.05) is 19.6 Å². The highest BCUT2D eigenvalue weighted by atomic mass is 35.5. The van der Waals surface area contributed by atoms with Crippen LogP contribution in [0.4, 0.5) is 0 Å². The average molecular weight is 244 g/mol. The van der Waals surface area contributed by atoms with E-state index in [2.05, 4.69) is 0 Å². The number of aliphatic hydroxyl groups excluding tert-OH is 3. The molecule has 0 aromatic rings. The van der Waals surface area contributed by atoms with E-state index in [0.29, 0.717) is 19.6 Å². The van der Waals surface area contributed by atoms with E-state index in [-0.39, 0.29) is 25.7 Å². The largest absolute Gasteiger partial charge is 0.480 e. The molecule has 0 radical (unpaired) electrons. The van der Waals surface area contributed by atoms with Crippen LogP contribution in [0.5, 0.6) is 0 Å². The molecule has 0 saturated heterocycles. The van der Waals surface area contributed by atoms with Crippen molar-refractivity contribution in [2.75, 3.05) is 45.3 Å². The molecule has 0 aliphatic carbocycles. The zero-order chi connectivity index (χ0) is 12.1. The van der Waals surface area contributed by atoms with E-state index in [4.69, 9.17) is 32.0 Å². The van der Waals surface area contributed by atoms with Crippen LogP contribution in [0.25, 0.3) is 0 Å². The molecule has 0 atom stereocenters. The molecule has 0 heterocycles. The monoisotopic (exact) mass is 243 g/mol. The molecule has 0 aromatic carbocycles. The van der Waals surface area contributed by atoms with Crippen LogP contribution >= 0.6 is 11.6 Å².